The molecule has 2 aromatic rings. The SMILES string of the molecule is CCC1C(=O)NCCN1C(=O)C=Cc1ccc(-c2ccccc2)s1. The highest BCUT2D eigenvalue weighted by molar-refractivity contribution is 7.16. The zero-order valence-electron chi connectivity index (χ0n) is 13.6. The molecule has 2 amide bonds. The first-order valence-electron chi connectivity index (χ1n) is 8.10. The Kier molecular flexibility index (Phi) is 5.11. The monoisotopic (exact) mass is 340 g/mol. The standard InChI is InChI=1S/C19H20N2O2S/c1-2-16-19(23)20-12-13-21(16)18(22)11-9-15-8-10-17(24-15)14-6-4-3-5-7-14/h3-11,16H,2,12-13H2,1H3,(H,20,23). The molecular formula is C19H20N2O2S. The predicted octanol–water partition coefficient (Wildman–Crippen LogP) is 3.17. The average Bonchev–Trinajstić information content (AvgIpc) is 3.09. The van der Waals surface area contributed by atoms with E-state index in [4.69, 9.17) is 0 Å². The van der Waals surface area contributed by atoms with Gasteiger partial charge in [-0.05, 0) is 30.2 Å². The van der Waals surface area contributed by atoms with Gasteiger partial charge in [-0.25, -0.2) is 0 Å². The average molecular weight is 340 g/mol. The van der Waals surface area contributed by atoms with E-state index in [9.17, 15) is 9.59 Å². The Morgan fingerprint density at radius 3 is 2.83 bits per heavy atom. The number of hydrogen-bond donors (Lipinski definition) is 1. The van der Waals surface area contributed by atoms with Crippen molar-refractivity contribution in [1.82, 2.24) is 10.2 Å². The molecule has 1 fully saturated rings. The van der Waals surface area contributed by atoms with Gasteiger partial charge >= 0.3 is 0 Å². The van der Waals surface area contributed by atoms with Crippen molar-refractivity contribution in [2.24, 2.45) is 0 Å². The van der Waals surface area contributed by atoms with Crippen molar-refractivity contribution in [3.05, 3.63) is 53.4 Å². The molecule has 1 aliphatic rings. The smallest absolute Gasteiger partial charge is 0.247 e. The fourth-order valence-corrected chi connectivity index (χ4v) is 3.75. The van der Waals surface area contributed by atoms with E-state index in [0.29, 0.717) is 19.5 Å². The Labute approximate surface area is 145 Å². The Bertz CT molecular complexity index is 752. The van der Waals surface area contributed by atoms with E-state index >= 15 is 0 Å². The largest absolute Gasteiger partial charge is 0.353 e. The van der Waals surface area contributed by atoms with E-state index in [1.807, 2.05) is 37.3 Å². The van der Waals surface area contributed by atoms with Gasteiger partial charge in [-0.1, -0.05) is 37.3 Å². The number of carbonyl (C=O) groups excluding carboxylic acids is 2. The van der Waals surface area contributed by atoms with Crippen LogP contribution < -0.4 is 5.32 Å². The minimum Gasteiger partial charge on any atom is -0.353 e. The van der Waals surface area contributed by atoms with E-state index in [1.54, 1.807) is 22.3 Å². The number of thiophene rings is 1. The molecule has 1 aromatic heterocycles. The van der Waals surface area contributed by atoms with E-state index in [-0.39, 0.29) is 17.9 Å². The molecule has 1 unspecified atom stereocenters. The summed E-state index contributed by atoms with van der Waals surface area (Å²) in [5, 5.41) is 2.81. The van der Waals surface area contributed by atoms with Gasteiger partial charge in [0.1, 0.15) is 6.04 Å². The summed E-state index contributed by atoms with van der Waals surface area (Å²) in [6.07, 6.45) is 4.03. The number of amides is 2. The second-order valence-corrected chi connectivity index (χ2v) is 6.76. The number of rotatable bonds is 4. The van der Waals surface area contributed by atoms with Crippen LogP contribution >= 0.6 is 11.3 Å². The summed E-state index contributed by atoms with van der Waals surface area (Å²) < 4.78 is 0. The molecule has 1 N–H and O–H groups in total. The van der Waals surface area contributed by atoms with Gasteiger partial charge in [0.15, 0.2) is 0 Å². The van der Waals surface area contributed by atoms with Gasteiger partial charge in [0.25, 0.3) is 0 Å². The Morgan fingerprint density at radius 1 is 1.29 bits per heavy atom. The second-order valence-electron chi connectivity index (χ2n) is 5.65. The summed E-state index contributed by atoms with van der Waals surface area (Å²) in [7, 11) is 0. The van der Waals surface area contributed by atoms with Gasteiger partial charge in [0, 0.05) is 28.9 Å². The van der Waals surface area contributed by atoms with Gasteiger partial charge in [-0.15, -0.1) is 11.3 Å². The molecule has 0 spiro atoms. The highest BCUT2D eigenvalue weighted by Gasteiger charge is 2.30. The van der Waals surface area contributed by atoms with Crippen LogP contribution in [0.15, 0.2) is 48.5 Å². The van der Waals surface area contributed by atoms with Crippen molar-refractivity contribution >= 4 is 29.2 Å². The maximum atomic E-state index is 12.4. The van der Waals surface area contributed by atoms with E-state index < -0.39 is 0 Å². The first-order valence-corrected chi connectivity index (χ1v) is 8.92. The van der Waals surface area contributed by atoms with Crippen molar-refractivity contribution in [3.63, 3.8) is 0 Å². The highest BCUT2D eigenvalue weighted by Crippen LogP contribution is 2.28. The second kappa shape index (κ2) is 7.45. The van der Waals surface area contributed by atoms with Crippen LogP contribution in [0.4, 0.5) is 0 Å². The lowest BCUT2D eigenvalue weighted by molar-refractivity contribution is -0.140. The third-order valence-electron chi connectivity index (χ3n) is 4.08. The zero-order valence-corrected chi connectivity index (χ0v) is 14.4. The Morgan fingerprint density at radius 2 is 2.08 bits per heavy atom. The van der Waals surface area contributed by atoms with Gasteiger partial charge < -0.3 is 10.2 Å². The maximum Gasteiger partial charge on any atom is 0.247 e. The minimum absolute atomic E-state index is 0.0620. The normalized spacial score (nSPS) is 18.0. The van der Waals surface area contributed by atoms with Crippen LogP contribution in [0.3, 0.4) is 0 Å². The number of carbonyl (C=O) groups is 2. The molecular weight excluding hydrogens is 320 g/mol. The summed E-state index contributed by atoms with van der Waals surface area (Å²) in [4.78, 5) is 28.1. The molecule has 3 rings (SSSR count). The van der Waals surface area contributed by atoms with Crippen molar-refractivity contribution in [1.29, 1.82) is 0 Å². The zero-order chi connectivity index (χ0) is 16.9. The van der Waals surface area contributed by atoms with Crippen LogP contribution in [0.25, 0.3) is 16.5 Å². The summed E-state index contributed by atoms with van der Waals surface area (Å²) >= 11 is 1.64. The van der Waals surface area contributed by atoms with Gasteiger partial charge in [-0.3, -0.25) is 9.59 Å². The van der Waals surface area contributed by atoms with Crippen LogP contribution in [0.5, 0.6) is 0 Å². The van der Waals surface area contributed by atoms with E-state index in [0.717, 1.165) is 4.88 Å². The fourth-order valence-electron chi connectivity index (χ4n) is 2.83. The van der Waals surface area contributed by atoms with Crippen LogP contribution in [0.2, 0.25) is 0 Å². The Balaban J connectivity index is 1.70. The molecule has 4 nitrogen and oxygen atoms in total. The quantitative estimate of drug-likeness (QED) is 0.869. The first-order chi connectivity index (χ1) is 11.7. The molecule has 5 heteroatoms. The summed E-state index contributed by atoms with van der Waals surface area (Å²) in [6.45, 7) is 3.00. The molecule has 1 aliphatic heterocycles. The predicted molar refractivity (Wildman–Crippen MR) is 97.6 cm³/mol. The van der Waals surface area contributed by atoms with Gasteiger partial charge in [-0.2, -0.15) is 0 Å². The van der Waals surface area contributed by atoms with Crippen LogP contribution in [-0.2, 0) is 9.59 Å². The molecule has 2 heterocycles. The highest BCUT2D eigenvalue weighted by atomic mass is 32.1. The van der Waals surface area contributed by atoms with Gasteiger partial charge in [0.2, 0.25) is 11.8 Å². The number of benzene rings is 1. The molecule has 0 aliphatic carbocycles. The van der Waals surface area contributed by atoms with Gasteiger partial charge in [0.05, 0.1) is 0 Å². The topological polar surface area (TPSA) is 49.4 Å². The van der Waals surface area contributed by atoms with Crippen LogP contribution in [-0.4, -0.2) is 35.8 Å². The molecule has 0 radical (unpaired) electrons. The molecule has 24 heavy (non-hydrogen) atoms. The molecule has 0 saturated carbocycles. The van der Waals surface area contributed by atoms with Crippen molar-refractivity contribution in [2.45, 2.75) is 19.4 Å². The number of piperazine rings is 1. The minimum atomic E-state index is -0.362. The van der Waals surface area contributed by atoms with E-state index in [2.05, 4.69) is 23.5 Å². The van der Waals surface area contributed by atoms with Crippen LogP contribution in [0, 0.1) is 0 Å². The first kappa shape index (κ1) is 16.5. The van der Waals surface area contributed by atoms with Crippen molar-refractivity contribution < 1.29 is 9.59 Å². The maximum absolute atomic E-state index is 12.4. The lowest BCUT2D eigenvalue weighted by Gasteiger charge is -2.33. The Hall–Kier alpha value is -2.40. The number of nitrogens with zero attached hydrogens (tertiary/aromatic N) is 1. The summed E-state index contributed by atoms with van der Waals surface area (Å²) in [5.41, 5.74) is 1.17. The number of nitrogens with one attached hydrogen (secondary N) is 1. The molecule has 1 atom stereocenters. The van der Waals surface area contributed by atoms with Crippen molar-refractivity contribution in [3.8, 4) is 10.4 Å². The van der Waals surface area contributed by atoms with Crippen LogP contribution in [0.1, 0.15) is 18.2 Å². The van der Waals surface area contributed by atoms with E-state index in [1.165, 1.54) is 10.4 Å². The third kappa shape index (κ3) is 3.57. The summed E-state index contributed by atoms with van der Waals surface area (Å²) in [5.74, 6) is -0.167. The fraction of sp³-hybridized carbons (Fsp3) is 0.263. The lowest BCUT2D eigenvalue weighted by Crippen LogP contribution is -2.56. The lowest BCUT2D eigenvalue weighted by atomic mass is 10.1. The molecule has 1 aromatic carbocycles. The third-order valence-corrected chi connectivity index (χ3v) is 5.18. The molecule has 1 saturated heterocycles. The molecule has 124 valence electrons. The summed E-state index contributed by atoms with van der Waals surface area (Å²) in [6, 6.07) is 13.9. The number of hydrogen-bond acceptors (Lipinski definition) is 3. The molecule has 0 bridgehead atoms. The van der Waals surface area contributed by atoms with Crippen molar-refractivity contribution in [2.75, 3.05) is 13.1 Å².